The number of benzene rings is 1. The molecule has 1 aliphatic carbocycles. The highest BCUT2D eigenvalue weighted by Crippen LogP contribution is 2.33. The fourth-order valence-electron chi connectivity index (χ4n) is 3.21. The molecule has 0 N–H and O–H groups in total. The van der Waals surface area contributed by atoms with Crippen molar-refractivity contribution in [2.45, 2.75) is 56.5 Å². The Bertz CT molecular complexity index is 798. The summed E-state index contributed by atoms with van der Waals surface area (Å²) in [4.78, 5) is 10.8. The Kier molecular flexibility index (Phi) is 7.47. The van der Waals surface area contributed by atoms with Crippen LogP contribution in [0.25, 0.3) is 0 Å². The summed E-state index contributed by atoms with van der Waals surface area (Å²) in [5.41, 5.74) is 0.919. The molecule has 1 aromatic heterocycles. The molecule has 8 heteroatoms. The predicted octanol–water partition coefficient (Wildman–Crippen LogP) is 2.84. The normalized spacial score (nSPS) is 15.2. The summed E-state index contributed by atoms with van der Waals surface area (Å²) in [6.07, 6.45) is 8.40. The maximum atomic E-state index is 10.8. The molecule has 0 spiro atoms. The number of aromatic nitrogens is 3. The Morgan fingerprint density at radius 1 is 1.29 bits per heavy atom. The van der Waals surface area contributed by atoms with Crippen LogP contribution in [0.5, 0.6) is 5.75 Å². The van der Waals surface area contributed by atoms with Crippen molar-refractivity contribution in [3.63, 3.8) is 0 Å². The van der Waals surface area contributed by atoms with Crippen LogP contribution in [0, 0.1) is 0 Å². The minimum Gasteiger partial charge on any atom is -0.549 e. The van der Waals surface area contributed by atoms with E-state index in [1.165, 1.54) is 19.3 Å². The number of carboxylic acids is 1. The topological polar surface area (TPSA) is 92.4 Å². The molecule has 2 aromatic rings. The van der Waals surface area contributed by atoms with Gasteiger partial charge in [0.2, 0.25) is 5.16 Å². The highest BCUT2D eigenvalue weighted by Gasteiger charge is 2.23. The van der Waals surface area contributed by atoms with E-state index in [2.05, 4.69) is 22.2 Å². The van der Waals surface area contributed by atoms with Gasteiger partial charge in [0.25, 0.3) is 0 Å². The molecule has 0 atom stereocenters. The zero-order valence-corrected chi connectivity index (χ0v) is 16.9. The summed E-state index contributed by atoms with van der Waals surface area (Å²) >= 11 is 1.08. The van der Waals surface area contributed by atoms with Crippen LogP contribution in [0.3, 0.4) is 0 Å². The van der Waals surface area contributed by atoms with Crippen molar-refractivity contribution in [2.24, 2.45) is 5.10 Å². The fourth-order valence-corrected chi connectivity index (χ4v) is 3.82. The second kappa shape index (κ2) is 10.3. The molecule has 0 saturated heterocycles. The van der Waals surface area contributed by atoms with Crippen molar-refractivity contribution in [3.8, 4) is 5.75 Å². The molecule has 28 heavy (non-hydrogen) atoms. The average Bonchev–Trinajstić information content (AvgIpc) is 3.13. The second-order valence-corrected chi connectivity index (χ2v) is 7.75. The van der Waals surface area contributed by atoms with Gasteiger partial charge in [0, 0.05) is 11.7 Å². The number of carbonyl (C=O) groups excluding carboxylic acids is 1. The number of carboxylic acid groups (broad SMARTS) is 1. The third kappa shape index (κ3) is 5.58. The lowest BCUT2D eigenvalue weighted by Gasteiger charge is -2.20. The molecule has 1 heterocycles. The van der Waals surface area contributed by atoms with Crippen molar-refractivity contribution in [1.29, 1.82) is 0 Å². The van der Waals surface area contributed by atoms with E-state index in [-0.39, 0.29) is 5.75 Å². The third-order valence-corrected chi connectivity index (χ3v) is 5.49. The van der Waals surface area contributed by atoms with E-state index in [4.69, 9.17) is 4.74 Å². The van der Waals surface area contributed by atoms with Gasteiger partial charge < -0.3 is 14.6 Å². The number of thioether (sulfide) groups is 1. The molecule has 3 rings (SSSR count). The summed E-state index contributed by atoms with van der Waals surface area (Å²) in [5.74, 6) is 0.629. The van der Waals surface area contributed by atoms with Gasteiger partial charge >= 0.3 is 0 Å². The lowest BCUT2D eigenvalue weighted by Crippen LogP contribution is -2.24. The molecule has 1 aromatic carbocycles. The average molecular weight is 402 g/mol. The molecule has 1 fully saturated rings. The van der Waals surface area contributed by atoms with Crippen LogP contribution >= 0.6 is 11.8 Å². The molecule has 1 aliphatic rings. The first-order chi connectivity index (χ1) is 13.7. The lowest BCUT2D eigenvalue weighted by molar-refractivity contribution is -0.301. The summed E-state index contributed by atoms with van der Waals surface area (Å²) < 4.78 is 7.28. The maximum Gasteiger partial charge on any atom is 0.212 e. The first-order valence-electron chi connectivity index (χ1n) is 9.72. The molecule has 0 unspecified atom stereocenters. The van der Waals surface area contributed by atoms with Crippen LogP contribution in [0.2, 0.25) is 0 Å². The van der Waals surface area contributed by atoms with Crippen LogP contribution < -0.4 is 9.84 Å². The standard InChI is InChI=1S/C20H26N4O3S/c1-2-12-27-17-10-8-15(9-11-17)13-21-24-19(16-6-4-3-5-7-16)22-23-20(24)28-14-18(25)26/h8-11,13,16H,2-7,12,14H2,1H3,(H,25,26)/p-1/b21-13-. The van der Waals surface area contributed by atoms with Crippen LogP contribution in [-0.4, -0.2) is 39.4 Å². The zero-order valence-electron chi connectivity index (χ0n) is 16.0. The monoisotopic (exact) mass is 401 g/mol. The quantitative estimate of drug-likeness (QED) is 0.474. The van der Waals surface area contributed by atoms with E-state index < -0.39 is 5.97 Å². The summed E-state index contributed by atoms with van der Waals surface area (Å²) in [6, 6.07) is 7.70. The zero-order chi connectivity index (χ0) is 19.8. The van der Waals surface area contributed by atoms with Gasteiger partial charge in [0.05, 0.1) is 18.8 Å². The van der Waals surface area contributed by atoms with Crippen LogP contribution in [-0.2, 0) is 4.79 Å². The molecule has 7 nitrogen and oxygen atoms in total. The SMILES string of the molecule is CCCOc1ccc(/C=N\n2c(SCC(=O)[O-])nnc2C2CCCCC2)cc1. The summed E-state index contributed by atoms with van der Waals surface area (Å²) in [7, 11) is 0. The van der Waals surface area contributed by atoms with Crippen molar-refractivity contribution in [2.75, 3.05) is 12.4 Å². The Morgan fingerprint density at radius 2 is 2.04 bits per heavy atom. The highest BCUT2D eigenvalue weighted by molar-refractivity contribution is 7.99. The maximum absolute atomic E-state index is 10.8. The Hall–Kier alpha value is -2.35. The van der Waals surface area contributed by atoms with Gasteiger partial charge in [-0.2, -0.15) is 9.78 Å². The minimum absolute atomic E-state index is 0.179. The van der Waals surface area contributed by atoms with E-state index in [1.807, 2.05) is 24.3 Å². The molecular formula is C20H25N4O3S-. The smallest absolute Gasteiger partial charge is 0.212 e. The molecular weight excluding hydrogens is 376 g/mol. The summed E-state index contributed by atoms with van der Waals surface area (Å²) in [5, 5.41) is 24.4. The second-order valence-electron chi connectivity index (χ2n) is 6.81. The van der Waals surface area contributed by atoms with E-state index in [0.29, 0.717) is 17.7 Å². The largest absolute Gasteiger partial charge is 0.549 e. The van der Waals surface area contributed by atoms with Gasteiger partial charge in [-0.05, 0) is 49.1 Å². The first-order valence-corrected chi connectivity index (χ1v) is 10.7. The van der Waals surface area contributed by atoms with Crippen molar-refractivity contribution >= 4 is 23.9 Å². The van der Waals surface area contributed by atoms with E-state index in [0.717, 1.165) is 48.2 Å². The van der Waals surface area contributed by atoms with Gasteiger partial charge in [0.15, 0.2) is 5.82 Å². The van der Waals surface area contributed by atoms with Crippen molar-refractivity contribution in [3.05, 3.63) is 35.7 Å². The Labute approximate surface area is 169 Å². The molecule has 150 valence electrons. The molecule has 1 saturated carbocycles. The fraction of sp³-hybridized carbons (Fsp3) is 0.500. The molecule has 0 bridgehead atoms. The van der Waals surface area contributed by atoms with Gasteiger partial charge in [-0.3, -0.25) is 0 Å². The van der Waals surface area contributed by atoms with E-state index in [9.17, 15) is 9.90 Å². The van der Waals surface area contributed by atoms with Crippen LogP contribution in [0.15, 0.2) is 34.5 Å². The van der Waals surface area contributed by atoms with Crippen LogP contribution in [0.1, 0.15) is 62.8 Å². The van der Waals surface area contributed by atoms with Gasteiger partial charge in [0.1, 0.15) is 5.75 Å². The number of aliphatic carboxylic acids is 1. The van der Waals surface area contributed by atoms with Crippen LogP contribution in [0.4, 0.5) is 0 Å². The number of ether oxygens (including phenoxy) is 1. The van der Waals surface area contributed by atoms with E-state index >= 15 is 0 Å². The number of hydrogen-bond acceptors (Lipinski definition) is 7. The Morgan fingerprint density at radius 3 is 2.71 bits per heavy atom. The number of nitrogens with zero attached hydrogens (tertiary/aromatic N) is 4. The Balaban J connectivity index is 1.80. The number of carbonyl (C=O) groups is 1. The minimum atomic E-state index is -1.13. The van der Waals surface area contributed by atoms with Gasteiger partial charge in [-0.25, -0.2) is 0 Å². The number of rotatable bonds is 9. The summed E-state index contributed by atoms with van der Waals surface area (Å²) in [6.45, 7) is 2.76. The first kappa shape index (κ1) is 20.4. The molecule has 0 radical (unpaired) electrons. The van der Waals surface area contributed by atoms with Gasteiger partial charge in [-0.1, -0.05) is 37.9 Å². The predicted molar refractivity (Wildman–Crippen MR) is 107 cm³/mol. The van der Waals surface area contributed by atoms with Crippen molar-refractivity contribution < 1.29 is 14.6 Å². The number of hydrogen-bond donors (Lipinski definition) is 0. The molecule has 0 amide bonds. The van der Waals surface area contributed by atoms with Gasteiger partial charge in [-0.15, -0.1) is 10.2 Å². The molecule has 0 aliphatic heterocycles. The van der Waals surface area contributed by atoms with Crippen molar-refractivity contribution in [1.82, 2.24) is 14.9 Å². The highest BCUT2D eigenvalue weighted by atomic mass is 32.2. The lowest BCUT2D eigenvalue weighted by atomic mass is 9.89. The van der Waals surface area contributed by atoms with E-state index in [1.54, 1.807) is 10.9 Å². The third-order valence-electron chi connectivity index (χ3n) is 4.60.